The number of aromatic nitrogens is 1. The van der Waals surface area contributed by atoms with Crippen molar-refractivity contribution >= 4 is 29.2 Å². The third-order valence-corrected chi connectivity index (χ3v) is 5.45. The highest BCUT2D eigenvalue weighted by molar-refractivity contribution is 6.03. The maximum Gasteiger partial charge on any atom is 0.248 e. The Kier molecular flexibility index (Phi) is 8.70. The molecule has 1 aromatic heterocycles. The fraction of sp³-hybridized carbons (Fsp3) is 0.357. The van der Waals surface area contributed by atoms with E-state index in [0.29, 0.717) is 22.8 Å². The molecule has 0 aliphatic heterocycles. The van der Waals surface area contributed by atoms with Gasteiger partial charge in [0, 0.05) is 30.1 Å². The Morgan fingerprint density at radius 1 is 1.03 bits per heavy atom. The Hall–Kier alpha value is -4.14. The van der Waals surface area contributed by atoms with Crippen LogP contribution >= 0.6 is 0 Å². The summed E-state index contributed by atoms with van der Waals surface area (Å²) >= 11 is 0. The standard InChI is InChI=1S/C28H34N4O5/c1-18-8-7-9-21(16-18)32(25(34)15-14-24(33)29-23-17-19(2)37-31-23)26(27(35)30-28(3,4)5)20-10-12-22(36-6)13-11-20/h7-13,16-17,26H,14-15H2,1-6H3,(H,30,35)(H,29,31,33)/t26-/m0/s1. The summed E-state index contributed by atoms with van der Waals surface area (Å²) in [5.74, 6) is 0.380. The van der Waals surface area contributed by atoms with E-state index >= 15 is 0 Å². The van der Waals surface area contributed by atoms with Crippen molar-refractivity contribution in [3.8, 4) is 5.75 Å². The van der Waals surface area contributed by atoms with Gasteiger partial charge in [-0.25, -0.2) is 0 Å². The average Bonchev–Trinajstić information content (AvgIpc) is 3.24. The summed E-state index contributed by atoms with van der Waals surface area (Å²) in [6, 6.07) is 15.0. The molecule has 0 saturated heterocycles. The van der Waals surface area contributed by atoms with Crippen molar-refractivity contribution in [1.29, 1.82) is 0 Å². The highest BCUT2D eigenvalue weighted by atomic mass is 16.5. The first-order valence-corrected chi connectivity index (χ1v) is 12.0. The second-order valence-corrected chi connectivity index (χ2v) is 9.89. The molecule has 9 heteroatoms. The van der Waals surface area contributed by atoms with Crippen molar-refractivity contribution < 1.29 is 23.6 Å². The lowest BCUT2D eigenvalue weighted by molar-refractivity contribution is -0.128. The Morgan fingerprint density at radius 2 is 1.73 bits per heavy atom. The van der Waals surface area contributed by atoms with E-state index in [9.17, 15) is 14.4 Å². The van der Waals surface area contributed by atoms with Gasteiger partial charge in [-0.05, 0) is 70.0 Å². The van der Waals surface area contributed by atoms with Gasteiger partial charge in [0.25, 0.3) is 0 Å². The normalized spacial score (nSPS) is 11.9. The molecule has 0 spiro atoms. The molecule has 0 radical (unpaired) electrons. The lowest BCUT2D eigenvalue weighted by Gasteiger charge is -2.34. The van der Waals surface area contributed by atoms with Gasteiger partial charge < -0.3 is 19.9 Å². The molecule has 0 bridgehead atoms. The topological polar surface area (TPSA) is 114 Å². The number of carbonyl (C=O) groups excluding carboxylic acids is 3. The van der Waals surface area contributed by atoms with Gasteiger partial charge in [0.2, 0.25) is 17.7 Å². The van der Waals surface area contributed by atoms with Crippen molar-refractivity contribution in [2.45, 2.75) is 59.0 Å². The number of amides is 3. The number of anilines is 2. The first kappa shape index (κ1) is 27.4. The SMILES string of the molecule is COc1ccc([C@@H](C(=O)NC(C)(C)C)N(C(=O)CCC(=O)Nc2cc(C)on2)c2cccc(C)c2)cc1. The number of rotatable bonds is 9. The molecule has 37 heavy (non-hydrogen) atoms. The van der Waals surface area contributed by atoms with Gasteiger partial charge in [-0.15, -0.1) is 0 Å². The Balaban J connectivity index is 1.96. The van der Waals surface area contributed by atoms with Crippen LogP contribution in [0.15, 0.2) is 59.1 Å². The van der Waals surface area contributed by atoms with Crippen molar-refractivity contribution in [1.82, 2.24) is 10.5 Å². The Labute approximate surface area is 217 Å². The van der Waals surface area contributed by atoms with E-state index in [1.165, 1.54) is 4.90 Å². The molecule has 0 saturated carbocycles. The summed E-state index contributed by atoms with van der Waals surface area (Å²) in [7, 11) is 1.56. The maximum atomic E-state index is 13.7. The number of benzene rings is 2. The maximum absolute atomic E-state index is 13.7. The monoisotopic (exact) mass is 506 g/mol. The summed E-state index contributed by atoms with van der Waals surface area (Å²) in [5.41, 5.74) is 1.57. The molecule has 0 aliphatic rings. The second kappa shape index (κ2) is 11.7. The Morgan fingerprint density at radius 3 is 2.30 bits per heavy atom. The van der Waals surface area contributed by atoms with Crippen LogP contribution in [0.4, 0.5) is 11.5 Å². The van der Waals surface area contributed by atoms with E-state index in [0.717, 1.165) is 5.56 Å². The molecule has 1 atom stereocenters. The van der Waals surface area contributed by atoms with E-state index in [-0.39, 0.29) is 36.4 Å². The molecule has 3 amide bonds. The highest BCUT2D eigenvalue weighted by Gasteiger charge is 2.34. The number of aryl methyl sites for hydroxylation is 2. The zero-order valence-corrected chi connectivity index (χ0v) is 22.1. The number of ether oxygens (including phenoxy) is 1. The minimum Gasteiger partial charge on any atom is -0.497 e. The van der Waals surface area contributed by atoms with Gasteiger partial charge >= 0.3 is 0 Å². The van der Waals surface area contributed by atoms with E-state index in [1.54, 1.807) is 50.4 Å². The molecule has 2 N–H and O–H groups in total. The van der Waals surface area contributed by atoms with Gasteiger partial charge in [-0.2, -0.15) is 0 Å². The first-order valence-electron chi connectivity index (χ1n) is 12.0. The molecule has 3 rings (SSSR count). The summed E-state index contributed by atoms with van der Waals surface area (Å²) in [6.07, 6.45) is -0.213. The number of hydrogen-bond donors (Lipinski definition) is 2. The lowest BCUT2D eigenvalue weighted by atomic mass is 9.99. The molecule has 0 fully saturated rings. The van der Waals surface area contributed by atoms with E-state index in [4.69, 9.17) is 9.26 Å². The van der Waals surface area contributed by atoms with Crippen LogP contribution in [0.25, 0.3) is 0 Å². The fourth-order valence-corrected chi connectivity index (χ4v) is 3.83. The summed E-state index contributed by atoms with van der Waals surface area (Å²) < 4.78 is 10.2. The van der Waals surface area contributed by atoms with E-state index in [2.05, 4.69) is 15.8 Å². The summed E-state index contributed by atoms with van der Waals surface area (Å²) in [6.45, 7) is 9.27. The molecule has 2 aromatic carbocycles. The second-order valence-electron chi connectivity index (χ2n) is 9.89. The first-order chi connectivity index (χ1) is 17.5. The number of methoxy groups -OCH3 is 1. The third-order valence-electron chi connectivity index (χ3n) is 5.45. The average molecular weight is 507 g/mol. The molecule has 3 aromatic rings. The summed E-state index contributed by atoms with van der Waals surface area (Å²) in [4.78, 5) is 41.4. The van der Waals surface area contributed by atoms with Crippen LogP contribution in [0.2, 0.25) is 0 Å². The summed E-state index contributed by atoms with van der Waals surface area (Å²) in [5, 5.41) is 9.38. The van der Waals surface area contributed by atoms with Crippen LogP contribution in [-0.2, 0) is 14.4 Å². The van der Waals surface area contributed by atoms with Crippen LogP contribution in [0, 0.1) is 13.8 Å². The van der Waals surface area contributed by atoms with Crippen LogP contribution in [0.1, 0.15) is 56.5 Å². The Bertz CT molecular complexity index is 1240. The van der Waals surface area contributed by atoms with Crippen molar-refractivity contribution in [3.63, 3.8) is 0 Å². The molecule has 9 nitrogen and oxygen atoms in total. The van der Waals surface area contributed by atoms with Crippen LogP contribution < -0.4 is 20.3 Å². The fourth-order valence-electron chi connectivity index (χ4n) is 3.83. The predicted octanol–water partition coefficient (Wildman–Crippen LogP) is 4.71. The molecular weight excluding hydrogens is 472 g/mol. The van der Waals surface area contributed by atoms with E-state index in [1.807, 2.05) is 45.9 Å². The van der Waals surface area contributed by atoms with Crippen LogP contribution in [0.3, 0.4) is 0 Å². The molecule has 0 unspecified atom stereocenters. The van der Waals surface area contributed by atoms with Gasteiger partial charge in [-0.3, -0.25) is 19.3 Å². The van der Waals surface area contributed by atoms with E-state index < -0.39 is 11.6 Å². The third kappa shape index (κ3) is 7.67. The van der Waals surface area contributed by atoms with Crippen molar-refractivity contribution in [2.24, 2.45) is 0 Å². The van der Waals surface area contributed by atoms with Gasteiger partial charge in [0.05, 0.1) is 7.11 Å². The minimum atomic E-state index is -0.972. The van der Waals surface area contributed by atoms with Crippen LogP contribution in [-0.4, -0.2) is 35.5 Å². The van der Waals surface area contributed by atoms with Crippen molar-refractivity contribution in [3.05, 3.63) is 71.5 Å². The number of nitrogens with one attached hydrogen (secondary N) is 2. The van der Waals surface area contributed by atoms with Crippen LogP contribution in [0.5, 0.6) is 5.75 Å². The van der Waals surface area contributed by atoms with Gasteiger partial charge in [-0.1, -0.05) is 29.4 Å². The molecule has 0 aliphatic carbocycles. The zero-order valence-electron chi connectivity index (χ0n) is 22.1. The quantitative estimate of drug-likeness (QED) is 0.435. The molecule has 1 heterocycles. The minimum absolute atomic E-state index is 0.0940. The predicted molar refractivity (Wildman–Crippen MR) is 141 cm³/mol. The number of hydrogen-bond acceptors (Lipinski definition) is 6. The largest absolute Gasteiger partial charge is 0.497 e. The zero-order chi connectivity index (χ0) is 27.2. The smallest absolute Gasteiger partial charge is 0.248 e. The lowest BCUT2D eigenvalue weighted by Crippen LogP contribution is -2.49. The number of nitrogens with zero attached hydrogens (tertiary/aromatic N) is 2. The molecular formula is C28H34N4O5. The molecule has 196 valence electrons. The van der Waals surface area contributed by atoms with Gasteiger partial charge in [0.1, 0.15) is 17.6 Å². The van der Waals surface area contributed by atoms with Gasteiger partial charge in [0.15, 0.2) is 5.82 Å². The highest BCUT2D eigenvalue weighted by Crippen LogP contribution is 2.31. The number of carbonyl (C=O) groups is 3. The van der Waals surface area contributed by atoms with Crippen molar-refractivity contribution in [2.75, 3.05) is 17.3 Å².